The van der Waals surface area contributed by atoms with Crippen molar-refractivity contribution in [1.82, 2.24) is 5.32 Å². The van der Waals surface area contributed by atoms with E-state index < -0.39 is 33.8 Å². The summed E-state index contributed by atoms with van der Waals surface area (Å²) in [5.74, 6) is -1.79. The lowest BCUT2D eigenvalue weighted by molar-refractivity contribution is -0.137. The number of hydrogen-bond donors (Lipinski definition) is 3. The minimum atomic E-state index is -3.98. The van der Waals surface area contributed by atoms with Gasteiger partial charge >= 0.3 is 5.97 Å². The molecule has 0 fully saturated rings. The predicted molar refractivity (Wildman–Crippen MR) is 66.6 cm³/mol. The molecule has 17 heavy (non-hydrogen) atoms. The van der Waals surface area contributed by atoms with Gasteiger partial charge in [-0.3, -0.25) is 14.1 Å². The number of carbonyl (C=O) groups is 2. The van der Waals surface area contributed by atoms with Gasteiger partial charge in [-0.25, -0.2) is 0 Å². The highest BCUT2D eigenvalue weighted by Crippen LogP contribution is 2.26. The molecule has 1 amide bonds. The van der Waals surface area contributed by atoms with Gasteiger partial charge in [0.2, 0.25) is 5.91 Å². The summed E-state index contributed by atoms with van der Waals surface area (Å²) in [6, 6.07) is 0. The SMILES string of the molecule is CC(SSCCS(=O)(=O)O)C(=O)NCC(=O)O. The van der Waals surface area contributed by atoms with Gasteiger partial charge in [-0.15, -0.1) is 0 Å². The van der Waals surface area contributed by atoms with Gasteiger partial charge in [0, 0.05) is 5.75 Å². The Morgan fingerprint density at radius 2 is 2.00 bits per heavy atom. The first-order valence-electron chi connectivity index (χ1n) is 4.45. The lowest BCUT2D eigenvalue weighted by Gasteiger charge is -2.09. The Morgan fingerprint density at radius 3 is 2.47 bits per heavy atom. The lowest BCUT2D eigenvalue weighted by Crippen LogP contribution is -2.34. The second-order valence-corrected chi connectivity index (χ2v) is 7.36. The summed E-state index contributed by atoms with van der Waals surface area (Å²) in [7, 11) is -1.74. The van der Waals surface area contributed by atoms with E-state index in [0.29, 0.717) is 0 Å². The fourth-order valence-electron chi connectivity index (χ4n) is 0.640. The largest absolute Gasteiger partial charge is 0.480 e. The van der Waals surface area contributed by atoms with Crippen LogP contribution in [0.4, 0.5) is 0 Å². The highest BCUT2D eigenvalue weighted by molar-refractivity contribution is 8.77. The molecule has 0 spiro atoms. The first kappa shape index (κ1) is 16.6. The van der Waals surface area contributed by atoms with Crippen molar-refractivity contribution in [2.24, 2.45) is 0 Å². The van der Waals surface area contributed by atoms with Crippen molar-refractivity contribution in [3.8, 4) is 0 Å². The van der Waals surface area contributed by atoms with Gasteiger partial charge in [-0.1, -0.05) is 21.6 Å². The van der Waals surface area contributed by atoms with Crippen LogP contribution in [0.25, 0.3) is 0 Å². The molecule has 0 aliphatic heterocycles. The van der Waals surface area contributed by atoms with Crippen LogP contribution in [0.15, 0.2) is 0 Å². The Kier molecular flexibility index (Phi) is 7.59. The van der Waals surface area contributed by atoms with Crippen molar-refractivity contribution in [3.05, 3.63) is 0 Å². The third-order valence-electron chi connectivity index (χ3n) is 1.42. The molecule has 3 N–H and O–H groups in total. The molecule has 1 atom stereocenters. The molecule has 0 rings (SSSR count). The van der Waals surface area contributed by atoms with Crippen LogP contribution >= 0.6 is 21.6 Å². The fraction of sp³-hybridized carbons (Fsp3) is 0.714. The second kappa shape index (κ2) is 7.80. The smallest absolute Gasteiger partial charge is 0.322 e. The van der Waals surface area contributed by atoms with Gasteiger partial charge in [0.1, 0.15) is 6.54 Å². The van der Waals surface area contributed by atoms with Crippen molar-refractivity contribution in [3.63, 3.8) is 0 Å². The fourth-order valence-corrected chi connectivity index (χ4v) is 4.00. The molecule has 0 aliphatic carbocycles. The summed E-state index contributed by atoms with van der Waals surface area (Å²) in [5, 5.41) is 10.0. The van der Waals surface area contributed by atoms with E-state index in [1.54, 1.807) is 6.92 Å². The molecule has 0 aromatic heterocycles. The minimum absolute atomic E-state index is 0.153. The summed E-state index contributed by atoms with van der Waals surface area (Å²) in [6.07, 6.45) is 0. The van der Waals surface area contributed by atoms with Crippen LogP contribution in [-0.4, -0.2) is 53.3 Å². The average molecular weight is 303 g/mol. The summed E-state index contributed by atoms with van der Waals surface area (Å²) in [6.45, 7) is 1.13. The summed E-state index contributed by atoms with van der Waals surface area (Å²) < 4.78 is 29.2. The van der Waals surface area contributed by atoms with Crippen LogP contribution in [0, 0.1) is 0 Å². The Hall–Kier alpha value is -0.450. The van der Waals surface area contributed by atoms with E-state index in [9.17, 15) is 18.0 Å². The van der Waals surface area contributed by atoms with E-state index in [-0.39, 0.29) is 11.5 Å². The third kappa shape index (κ3) is 10.4. The summed E-state index contributed by atoms with van der Waals surface area (Å²) in [5.41, 5.74) is 0. The first-order valence-corrected chi connectivity index (χ1v) is 8.44. The van der Waals surface area contributed by atoms with Gasteiger partial charge in [0.05, 0.1) is 11.0 Å². The van der Waals surface area contributed by atoms with E-state index in [2.05, 4.69) is 5.32 Å². The topological polar surface area (TPSA) is 121 Å². The Bertz CT molecular complexity index is 368. The molecular formula is C7H13NO6S3. The molecule has 0 radical (unpaired) electrons. The summed E-state index contributed by atoms with van der Waals surface area (Å²) in [4.78, 5) is 21.4. The molecule has 100 valence electrons. The Morgan fingerprint density at radius 1 is 1.41 bits per heavy atom. The van der Waals surface area contributed by atoms with Gasteiger partial charge in [-0.2, -0.15) is 8.42 Å². The molecule has 0 heterocycles. The zero-order chi connectivity index (χ0) is 13.5. The minimum Gasteiger partial charge on any atom is -0.480 e. The van der Waals surface area contributed by atoms with Crippen molar-refractivity contribution < 1.29 is 27.7 Å². The van der Waals surface area contributed by atoms with E-state index in [1.807, 2.05) is 0 Å². The molecular weight excluding hydrogens is 290 g/mol. The van der Waals surface area contributed by atoms with Crippen LogP contribution in [-0.2, 0) is 19.7 Å². The van der Waals surface area contributed by atoms with Gasteiger partial charge < -0.3 is 10.4 Å². The molecule has 0 aliphatic rings. The number of nitrogens with one attached hydrogen (secondary N) is 1. The predicted octanol–water partition coefficient (Wildman–Crippen LogP) is -0.155. The number of carboxylic acid groups (broad SMARTS) is 1. The average Bonchev–Trinajstić information content (AvgIpc) is 2.19. The van der Waals surface area contributed by atoms with Crippen molar-refractivity contribution in [2.75, 3.05) is 18.1 Å². The molecule has 0 saturated heterocycles. The van der Waals surface area contributed by atoms with E-state index in [0.717, 1.165) is 21.6 Å². The zero-order valence-electron chi connectivity index (χ0n) is 8.95. The zero-order valence-corrected chi connectivity index (χ0v) is 11.4. The Labute approximate surface area is 107 Å². The molecule has 0 bridgehead atoms. The van der Waals surface area contributed by atoms with Crippen LogP contribution in [0.1, 0.15) is 6.92 Å². The van der Waals surface area contributed by atoms with Crippen molar-refractivity contribution in [1.29, 1.82) is 0 Å². The lowest BCUT2D eigenvalue weighted by atomic mass is 10.4. The number of aliphatic carboxylic acids is 1. The monoisotopic (exact) mass is 303 g/mol. The highest BCUT2D eigenvalue weighted by atomic mass is 33.1. The number of hydrogen-bond acceptors (Lipinski definition) is 6. The van der Waals surface area contributed by atoms with Crippen LogP contribution in [0.2, 0.25) is 0 Å². The van der Waals surface area contributed by atoms with Crippen molar-refractivity contribution >= 4 is 43.6 Å². The van der Waals surface area contributed by atoms with E-state index >= 15 is 0 Å². The highest BCUT2D eigenvalue weighted by Gasteiger charge is 2.15. The van der Waals surface area contributed by atoms with Crippen LogP contribution in [0.5, 0.6) is 0 Å². The summed E-state index contributed by atoms with van der Waals surface area (Å²) >= 11 is 0. The van der Waals surface area contributed by atoms with E-state index in [4.69, 9.17) is 9.66 Å². The third-order valence-corrected chi connectivity index (χ3v) is 5.18. The molecule has 0 saturated carbocycles. The van der Waals surface area contributed by atoms with Crippen LogP contribution in [0.3, 0.4) is 0 Å². The number of carbonyl (C=O) groups excluding carboxylic acids is 1. The standard InChI is InChI=1S/C7H13NO6S3/c1-5(7(11)8-4-6(9)10)16-15-2-3-17(12,13)14/h5H,2-4H2,1H3,(H,8,11)(H,9,10)(H,12,13,14). The molecule has 0 aromatic carbocycles. The van der Waals surface area contributed by atoms with E-state index in [1.165, 1.54) is 0 Å². The molecule has 1 unspecified atom stereocenters. The maximum atomic E-state index is 11.3. The maximum Gasteiger partial charge on any atom is 0.322 e. The van der Waals surface area contributed by atoms with Gasteiger partial charge in [0.25, 0.3) is 10.1 Å². The van der Waals surface area contributed by atoms with Gasteiger partial charge in [0.15, 0.2) is 0 Å². The molecule has 0 aromatic rings. The van der Waals surface area contributed by atoms with Crippen LogP contribution < -0.4 is 5.32 Å². The quantitative estimate of drug-likeness (QED) is 0.321. The Balaban J connectivity index is 3.75. The van der Waals surface area contributed by atoms with Crippen molar-refractivity contribution in [2.45, 2.75) is 12.2 Å². The van der Waals surface area contributed by atoms with Gasteiger partial charge in [-0.05, 0) is 6.92 Å². The molecule has 10 heteroatoms. The number of carboxylic acids is 1. The number of amides is 1. The normalized spacial score (nSPS) is 13.1. The number of rotatable bonds is 8. The maximum absolute atomic E-state index is 11.3. The first-order chi connectivity index (χ1) is 7.72. The molecule has 7 nitrogen and oxygen atoms in total. The second-order valence-electron chi connectivity index (χ2n) is 2.96.